The van der Waals surface area contributed by atoms with Crippen LogP contribution in [0.2, 0.25) is 10.0 Å². The number of hydrogen-bond donors (Lipinski definition) is 2. The molecule has 0 radical (unpaired) electrons. The van der Waals surface area contributed by atoms with Gasteiger partial charge in [0.1, 0.15) is 10.8 Å². The normalized spacial score (nSPS) is 10.4. The fraction of sp³-hybridized carbons (Fsp3) is 0. The lowest BCUT2D eigenvalue weighted by molar-refractivity contribution is 0.418. The summed E-state index contributed by atoms with van der Waals surface area (Å²) in [6, 6.07) is 5.16. The fourth-order valence-corrected chi connectivity index (χ4v) is 1.62. The molecule has 0 aliphatic carbocycles. The Labute approximate surface area is 117 Å². The molecule has 0 bridgehead atoms. The van der Waals surface area contributed by atoms with Crippen molar-refractivity contribution in [3.63, 3.8) is 0 Å². The third-order valence-corrected chi connectivity index (χ3v) is 2.96. The minimum absolute atomic E-state index is 0.0927. The van der Waals surface area contributed by atoms with Crippen LogP contribution in [0.3, 0.4) is 0 Å². The van der Waals surface area contributed by atoms with Gasteiger partial charge in [0.05, 0.1) is 5.02 Å². The topological polar surface area (TPSA) is 60.2 Å². The second kappa shape index (κ2) is 5.56. The number of nitrogens with one attached hydrogen (secondary N) is 1. The number of hydrogen-bond acceptors (Lipinski definition) is 4. The molecule has 0 spiro atoms. The van der Waals surface area contributed by atoms with E-state index >= 15 is 0 Å². The Hall–Kier alpha value is -1.63. The Morgan fingerprint density at radius 2 is 1.95 bits per heavy atom. The molecule has 3 N–H and O–H groups in total. The summed E-state index contributed by atoms with van der Waals surface area (Å²) < 4.78 is 31.8. The van der Waals surface area contributed by atoms with Crippen LogP contribution in [-0.4, -0.2) is 4.98 Å². The number of nitrogen functional groups attached to an aromatic ring is 1. The summed E-state index contributed by atoms with van der Waals surface area (Å²) in [5.41, 5.74) is 1.98. The summed E-state index contributed by atoms with van der Waals surface area (Å²) in [7, 11) is 0. The SMILES string of the molecule is NNc1nc(Oc2cccc(Cl)c2Cl)c(F)cc1F. The molecule has 19 heavy (non-hydrogen) atoms. The van der Waals surface area contributed by atoms with Crippen molar-refractivity contribution < 1.29 is 13.5 Å². The van der Waals surface area contributed by atoms with E-state index in [4.69, 9.17) is 33.8 Å². The van der Waals surface area contributed by atoms with Crippen LogP contribution in [0.25, 0.3) is 0 Å². The average molecular weight is 306 g/mol. The molecule has 2 rings (SSSR count). The van der Waals surface area contributed by atoms with Gasteiger partial charge in [-0.05, 0) is 12.1 Å². The molecule has 0 saturated carbocycles. The van der Waals surface area contributed by atoms with Gasteiger partial charge >= 0.3 is 0 Å². The van der Waals surface area contributed by atoms with E-state index in [1.165, 1.54) is 12.1 Å². The van der Waals surface area contributed by atoms with Gasteiger partial charge in [-0.15, -0.1) is 0 Å². The molecule has 0 aliphatic heterocycles. The maximum absolute atomic E-state index is 13.5. The van der Waals surface area contributed by atoms with Crippen LogP contribution < -0.4 is 16.0 Å². The molecule has 0 unspecified atom stereocenters. The van der Waals surface area contributed by atoms with Crippen molar-refractivity contribution in [2.45, 2.75) is 0 Å². The van der Waals surface area contributed by atoms with Crippen molar-refractivity contribution in [1.29, 1.82) is 0 Å². The van der Waals surface area contributed by atoms with Gasteiger partial charge in [0.15, 0.2) is 17.5 Å². The van der Waals surface area contributed by atoms with E-state index in [-0.39, 0.29) is 21.6 Å². The molecule has 0 atom stereocenters. The Balaban J connectivity index is 2.41. The highest BCUT2D eigenvalue weighted by atomic mass is 35.5. The number of nitrogens with two attached hydrogens (primary N) is 1. The molecule has 100 valence electrons. The first-order chi connectivity index (χ1) is 9.02. The predicted octanol–water partition coefficient (Wildman–Crippen LogP) is 3.74. The number of pyridine rings is 1. The molecular weight excluding hydrogens is 299 g/mol. The van der Waals surface area contributed by atoms with Crippen LogP contribution in [0.5, 0.6) is 11.6 Å². The Kier molecular flexibility index (Phi) is 4.04. The lowest BCUT2D eigenvalue weighted by Crippen LogP contribution is -2.11. The number of halogens is 4. The lowest BCUT2D eigenvalue weighted by Gasteiger charge is -2.10. The molecular formula is C11H7Cl2F2N3O. The first-order valence-corrected chi connectivity index (χ1v) is 5.73. The van der Waals surface area contributed by atoms with Gasteiger partial charge < -0.3 is 10.2 Å². The molecule has 1 aromatic carbocycles. The zero-order chi connectivity index (χ0) is 14.0. The van der Waals surface area contributed by atoms with Gasteiger partial charge in [-0.3, -0.25) is 0 Å². The van der Waals surface area contributed by atoms with Crippen LogP contribution in [0, 0.1) is 11.6 Å². The van der Waals surface area contributed by atoms with Crippen molar-refractivity contribution >= 4 is 29.0 Å². The first-order valence-electron chi connectivity index (χ1n) is 4.97. The highest BCUT2D eigenvalue weighted by molar-refractivity contribution is 6.42. The quantitative estimate of drug-likeness (QED) is 0.670. The van der Waals surface area contributed by atoms with Crippen LogP contribution >= 0.6 is 23.2 Å². The van der Waals surface area contributed by atoms with Crippen molar-refractivity contribution in [3.05, 3.63) is 45.9 Å². The molecule has 1 aromatic heterocycles. The van der Waals surface area contributed by atoms with Crippen LogP contribution in [-0.2, 0) is 0 Å². The summed E-state index contributed by atoms with van der Waals surface area (Å²) in [6.07, 6.45) is 0. The molecule has 0 fully saturated rings. The fourth-order valence-electron chi connectivity index (χ4n) is 1.29. The van der Waals surface area contributed by atoms with Gasteiger partial charge in [-0.1, -0.05) is 29.3 Å². The standard InChI is InChI=1S/C11H7Cl2F2N3O/c12-5-2-1-3-8(9(5)13)19-11-7(15)4-6(14)10(17-11)18-16/h1-4H,16H2,(H,17,18). The third kappa shape index (κ3) is 2.86. The first kappa shape index (κ1) is 13.8. The Morgan fingerprint density at radius 1 is 1.21 bits per heavy atom. The zero-order valence-electron chi connectivity index (χ0n) is 9.25. The van der Waals surface area contributed by atoms with Crippen LogP contribution in [0.15, 0.2) is 24.3 Å². The second-order valence-electron chi connectivity index (χ2n) is 3.40. The number of hydrazine groups is 1. The van der Waals surface area contributed by atoms with Gasteiger partial charge in [0.25, 0.3) is 5.88 Å². The predicted molar refractivity (Wildman–Crippen MR) is 68.5 cm³/mol. The average Bonchev–Trinajstić information content (AvgIpc) is 2.38. The van der Waals surface area contributed by atoms with Gasteiger partial charge in [0.2, 0.25) is 0 Å². The molecule has 8 heteroatoms. The number of rotatable bonds is 3. The van der Waals surface area contributed by atoms with Crippen LogP contribution in [0.4, 0.5) is 14.6 Å². The Bertz CT molecular complexity index is 625. The van der Waals surface area contributed by atoms with Crippen molar-refractivity contribution in [1.82, 2.24) is 4.98 Å². The summed E-state index contributed by atoms with van der Waals surface area (Å²) >= 11 is 11.7. The van der Waals surface area contributed by atoms with E-state index in [0.717, 1.165) is 0 Å². The van der Waals surface area contributed by atoms with E-state index in [2.05, 4.69) is 4.98 Å². The third-order valence-electron chi connectivity index (χ3n) is 2.16. The smallest absolute Gasteiger partial charge is 0.258 e. The summed E-state index contributed by atoms with van der Waals surface area (Å²) in [5.74, 6) is 2.37. The van der Waals surface area contributed by atoms with Gasteiger partial charge in [0, 0.05) is 6.07 Å². The summed E-state index contributed by atoms with van der Waals surface area (Å²) in [6.45, 7) is 0. The minimum atomic E-state index is -0.993. The maximum atomic E-state index is 13.5. The molecule has 1 heterocycles. The highest BCUT2D eigenvalue weighted by Crippen LogP contribution is 2.35. The molecule has 0 saturated heterocycles. The zero-order valence-corrected chi connectivity index (χ0v) is 10.8. The van der Waals surface area contributed by atoms with E-state index in [0.29, 0.717) is 6.07 Å². The lowest BCUT2D eigenvalue weighted by atomic mass is 10.3. The van der Waals surface area contributed by atoms with Gasteiger partial charge in [-0.25, -0.2) is 14.6 Å². The molecule has 0 aliphatic rings. The monoisotopic (exact) mass is 305 g/mol. The van der Waals surface area contributed by atoms with E-state index in [9.17, 15) is 8.78 Å². The second-order valence-corrected chi connectivity index (χ2v) is 4.19. The Morgan fingerprint density at radius 3 is 2.63 bits per heavy atom. The van der Waals surface area contributed by atoms with Crippen molar-refractivity contribution in [2.24, 2.45) is 5.84 Å². The summed E-state index contributed by atoms with van der Waals surface area (Å²) in [5, 5.41) is 0.329. The number of ether oxygens (including phenoxy) is 1. The molecule has 2 aromatic rings. The van der Waals surface area contributed by atoms with Crippen molar-refractivity contribution in [2.75, 3.05) is 5.43 Å². The maximum Gasteiger partial charge on any atom is 0.258 e. The summed E-state index contributed by atoms with van der Waals surface area (Å²) in [4.78, 5) is 3.55. The van der Waals surface area contributed by atoms with E-state index < -0.39 is 17.5 Å². The molecule has 4 nitrogen and oxygen atoms in total. The van der Waals surface area contributed by atoms with Gasteiger partial charge in [-0.2, -0.15) is 4.98 Å². The number of anilines is 1. The van der Waals surface area contributed by atoms with Crippen LogP contribution in [0.1, 0.15) is 0 Å². The number of benzene rings is 1. The molecule has 0 amide bonds. The largest absolute Gasteiger partial charge is 0.435 e. The number of aromatic nitrogens is 1. The van der Waals surface area contributed by atoms with E-state index in [1.807, 2.05) is 5.43 Å². The van der Waals surface area contributed by atoms with Crippen molar-refractivity contribution in [3.8, 4) is 11.6 Å². The minimum Gasteiger partial charge on any atom is -0.435 e. The number of nitrogens with zero attached hydrogens (tertiary/aromatic N) is 1. The highest BCUT2D eigenvalue weighted by Gasteiger charge is 2.15. The van der Waals surface area contributed by atoms with E-state index in [1.54, 1.807) is 6.07 Å².